The summed E-state index contributed by atoms with van der Waals surface area (Å²) in [6, 6.07) is 9.07. The Bertz CT molecular complexity index is 369. The second kappa shape index (κ2) is 5.19. The molecule has 0 aliphatic carbocycles. The second-order valence-electron chi connectivity index (χ2n) is 5.42. The molecule has 2 unspecified atom stereocenters. The summed E-state index contributed by atoms with van der Waals surface area (Å²) < 4.78 is 5.79. The number of rotatable bonds is 4. The molecular formula is C15H23NO. The molecule has 0 radical (unpaired) electrons. The fraction of sp³-hybridized carbons (Fsp3) is 0.600. The molecule has 0 amide bonds. The fourth-order valence-corrected chi connectivity index (χ4v) is 2.40. The highest BCUT2D eigenvalue weighted by molar-refractivity contribution is 5.24. The van der Waals surface area contributed by atoms with Crippen LogP contribution in [0.3, 0.4) is 0 Å². The van der Waals surface area contributed by atoms with Crippen LogP contribution in [0.15, 0.2) is 24.3 Å². The van der Waals surface area contributed by atoms with Crippen molar-refractivity contribution in [2.24, 2.45) is 0 Å². The van der Waals surface area contributed by atoms with E-state index in [2.05, 4.69) is 50.4 Å². The highest BCUT2D eigenvalue weighted by Crippen LogP contribution is 2.25. The average Bonchev–Trinajstić information content (AvgIpc) is 2.74. The highest BCUT2D eigenvalue weighted by atomic mass is 16.5. The van der Waals surface area contributed by atoms with Gasteiger partial charge in [-0.15, -0.1) is 0 Å². The molecule has 1 aromatic carbocycles. The zero-order valence-corrected chi connectivity index (χ0v) is 11.1. The van der Waals surface area contributed by atoms with Gasteiger partial charge in [0, 0.05) is 19.2 Å². The first kappa shape index (κ1) is 12.6. The first-order chi connectivity index (χ1) is 8.09. The van der Waals surface area contributed by atoms with E-state index in [1.807, 2.05) is 0 Å². The molecule has 2 nitrogen and oxygen atoms in total. The number of ether oxygens (including phenoxy) is 1. The van der Waals surface area contributed by atoms with Gasteiger partial charge in [0.15, 0.2) is 0 Å². The molecule has 1 aliphatic rings. The van der Waals surface area contributed by atoms with Crippen LogP contribution in [0, 0.1) is 6.92 Å². The maximum absolute atomic E-state index is 5.79. The molecule has 0 spiro atoms. The topological polar surface area (TPSA) is 21.3 Å². The molecule has 1 fully saturated rings. The van der Waals surface area contributed by atoms with Crippen LogP contribution in [0.25, 0.3) is 0 Å². The monoisotopic (exact) mass is 233 g/mol. The maximum atomic E-state index is 5.79. The lowest BCUT2D eigenvalue weighted by atomic mass is 10.0. The van der Waals surface area contributed by atoms with E-state index in [1.54, 1.807) is 0 Å². The van der Waals surface area contributed by atoms with E-state index in [0.29, 0.717) is 6.04 Å². The number of aryl methyl sites for hydroxylation is 1. The Balaban J connectivity index is 1.91. The van der Waals surface area contributed by atoms with E-state index in [0.717, 1.165) is 13.2 Å². The molecule has 1 saturated heterocycles. The van der Waals surface area contributed by atoms with Gasteiger partial charge in [0.2, 0.25) is 0 Å². The smallest absolute Gasteiger partial charge is 0.0779 e. The van der Waals surface area contributed by atoms with Gasteiger partial charge in [-0.3, -0.25) is 0 Å². The van der Waals surface area contributed by atoms with Crippen LogP contribution in [0.2, 0.25) is 0 Å². The molecule has 0 saturated carbocycles. The van der Waals surface area contributed by atoms with Crippen molar-refractivity contribution in [2.45, 2.75) is 45.3 Å². The lowest BCUT2D eigenvalue weighted by molar-refractivity contribution is 0.0191. The van der Waals surface area contributed by atoms with Gasteiger partial charge < -0.3 is 10.1 Å². The van der Waals surface area contributed by atoms with E-state index in [-0.39, 0.29) is 5.60 Å². The Kier molecular flexibility index (Phi) is 3.85. The van der Waals surface area contributed by atoms with Crippen LogP contribution in [0.5, 0.6) is 0 Å². The molecule has 1 aliphatic heterocycles. The Hall–Kier alpha value is -0.860. The Morgan fingerprint density at radius 1 is 1.47 bits per heavy atom. The van der Waals surface area contributed by atoms with Gasteiger partial charge in [-0.2, -0.15) is 0 Å². The van der Waals surface area contributed by atoms with Crippen LogP contribution in [-0.2, 0) is 4.74 Å². The van der Waals surface area contributed by atoms with Crippen molar-refractivity contribution < 1.29 is 4.74 Å². The molecular weight excluding hydrogens is 210 g/mol. The van der Waals surface area contributed by atoms with Gasteiger partial charge in [-0.05, 0) is 39.2 Å². The molecule has 1 heterocycles. The summed E-state index contributed by atoms with van der Waals surface area (Å²) in [7, 11) is 0. The third-order valence-electron chi connectivity index (χ3n) is 3.62. The van der Waals surface area contributed by atoms with Crippen LogP contribution < -0.4 is 5.32 Å². The number of hydrogen-bond donors (Lipinski definition) is 1. The van der Waals surface area contributed by atoms with E-state index in [4.69, 9.17) is 4.74 Å². The minimum atomic E-state index is 0.0398. The molecule has 0 aromatic heterocycles. The molecule has 2 heteroatoms. The summed E-state index contributed by atoms with van der Waals surface area (Å²) in [5.74, 6) is 0. The first-order valence-electron chi connectivity index (χ1n) is 6.53. The summed E-state index contributed by atoms with van der Waals surface area (Å²) in [5, 5.41) is 3.58. The van der Waals surface area contributed by atoms with Crippen LogP contribution >= 0.6 is 0 Å². The van der Waals surface area contributed by atoms with Crippen LogP contribution in [-0.4, -0.2) is 18.8 Å². The average molecular weight is 233 g/mol. The number of nitrogens with one attached hydrogen (secondary N) is 1. The van der Waals surface area contributed by atoms with Crippen LogP contribution in [0.4, 0.5) is 0 Å². The minimum absolute atomic E-state index is 0.0398. The zero-order chi connectivity index (χ0) is 12.3. The van der Waals surface area contributed by atoms with Crippen molar-refractivity contribution in [1.82, 2.24) is 5.32 Å². The maximum Gasteiger partial charge on any atom is 0.0779 e. The predicted octanol–water partition coefficient (Wildman–Crippen LogP) is 3.21. The van der Waals surface area contributed by atoms with Crippen molar-refractivity contribution >= 4 is 0 Å². The molecule has 0 bridgehead atoms. The van der Waals surface area contributed by atoms with Crippen molar-refractivity contribution in [2.75, 3.05) is 13.2 Å². The largest absolute Gasteiger partial charge is 0.374 e. The minimum Gasteiger partial charge on any atom is -0.374 e. The van der Waals surface area contributed by atoms with Gasteiger partial charge >= 0.3 is 0 Å². The van der Waals surface area contributed by atoms with E-state index in [9.17, 15) is 0 Å². The SMILES string of the molecule is Cc1cccc(C(C)NCC2(C)CCCO2)c1. The normalized spacial score (nSPS) is 26.1. The van der Waals surface area contributed by atoms with Crippen molar-refractivity contribution in [3.05, 3.63) is 35.4 Å². The molecule has 17 heavy (non-hydrogen) atoms. The lowest BCUT2D eigenvalue weighted by Crippen LogP contribution is -2.38. The summed E-state index contributed by atoms with van der Waals surface area (Å²) in [4.78, 5) is 0. The molecule has 2 rings (SSSR count). The highest BCUT2D eigenvalue weighted by Gasteiger charge is 2.29. The summed E-state index contributed by atoms with van der Waals surface area (Å²) in [5.41, 5.74) is 2.71. The molecule has 1 N–H and O–H groups in total. The van der Waals surface area contributed by atoms with Crippen LogP contribution in [0.1, 0.15) is 43.9 Å². The van der Waals surface area contributed by atoms with Crippen molar-refractivity contribution in [1.29, 1.82) is 0 Å². The number of benzene rings is 1. The number of hydrogen-bond acceptors (Lipinski definition) is 2. The zero-order valence-electron chi connectivity index (χ0n) is 11.1. The van der Waals surface area contributed by atoms with Gasteiger partial charge in [-0.1, -0.05) is 29.8 Å². The lowest BCUT2D eigenvalue weighted by Gasteiger charge is -2.26. The van der Waals surface area contributed by atoms with E-state index in [1.165, 1.54) is 24.0 Å². The van der Waals surface area contributed by atoms with Gasteiger partial charge in [0.1, 0.15) is 0 Å². The standard InChI is InChI=1S/C15H23NO/c1-12-6-4-7-14(10-12)13(2)16-11-15(3)8-5-9-17-15/h4,6-7,10,13,16H,5,8-9,11H2,1-3H3. The quantitative estimate of drug-likeness (QED) is 0.862. The predicted molar refractivity (Wildman–Crippen MR) is 71.2 cm³/mol. The molecule has 2 atom stereocenters. The summed E-state index contributed by atoms with van der Waals surface area (Å²) in [6.45, 7) is 8.40. The van der Waals surface area contributed by atoms with Gasteiger partial charge in [0.25, 0.3) is 0 Å². The molecule has 94 valence electrons. The fourth-order valence-electron chi connectivity index (χ4n) is 2.40. The third-order valence-corrected chi connectivity index (χ3v) is 3.62. The van der Waals surface area contributed by atoms with Gasteiger partial charge in [0.05, 0.1) is 5.60 Å². The Labute approximate surface area is 104 Å². The first-order valence-corrected chi connectivity index (χ1v) is 6.53. The third kappa shape index (κ3) is 3.30. The van der Waals surface area contributed by atoms with Gasteiger partial charge in [-0.25, -0.2) is 0 Å². The van der Waals surface area contributed by atoms with E-state index < -0.39 is 0 Å². The second-order valence-corrected chi connectivity index (χ2v) is 5.42. The Morgan fingerprint density at radius 2 is 2.29 bits per heavy atom. The molecule has 1 aromatic rings. The van der Waals surface area contributed by atoms with E-state index >= 15 is 0 Å². The summed E-state index contributed by atoms with van der Waals surface area (Å²) in [6.07, 6.45) is 2.36. The summed E-state index contributed by atoms with van der Waals surface area (Å²) >= 11 is 0. The van der Waals surface area contributed by atoms with Crippen molar-refractivity contribution in [3.8, 4) is 0 Å². The Morgan fingerprint density at radius 3 is 2.94 bits per heavy atom. The van der Waals surface area contributed by atoms with Crippen molar-refractivity contribution in [3.63, 3.8) is 0 Å².